The molecule has 1 unspecified atom stereocenters. The van der Waals surface area contributed by atoms with Gasteiger partial charge in [-0.1, -0.05) is 30.1 Å². The van der Waals surface area contributed by atoms with Crippen molar-refractivity contribution in [2.75, 3.05) is 26.3 Å². The maximum Gasteiger partial charge on any atom is 0.244 e. The molecule has 1 fully saturated rings. The largest absolute Gasteiger partial charge is 0.381 e. The lowest BCUT2D eigenvalue weighted by molar-refractivity contribution is 0.181. The third kappa shape index (κ3) is 3.43. The van der Waals surface area contributed by atoms with E-state index in [0.29, 0.717) is 26.3 Å². The summed E-state index contributed by atoms with van der Waals surface area (Å²) in [6.45, 7) is 3.93. The maximum absolute atomic E-state index is 12.6. The highest BCUT2D eigenvalue weighted by Crippen LogP contribution is 2.25. The van der Waals surface area contributed by atoms with Gasteiger partial charge in [0.05, 0.1) is 11.6 Å². The topological polar surface area (TPSA) is 59.5 Å². The van der Waals surface area contributed by atoms with Gasteiger partial charge < -0.3 is 4.74 Å². The van der Waals surface area contributed by atoms with Crippen LogP contribution in [0.1, 0.15) is 13.3 Å². The second-order valence-corrected chi connectivity index (χ2v) is 7.33. The molecule has 2 rings (SSSR count). The highest BCUT2D eigenvalue weighted by molar-refractivity contribution is 7.89. The van der Waals surface area contributed by atoms with E-state index in [0.717, 1.165) is 6.42 Å². The zero-order valence-corrected chi connectivity index (χ0v) is 13.4. The molecule has 1 saturated heterocycles. The third-order valence-corrected chi connectivity index (χ3v) is 5.84. The quantitative estimate of drug-likeness (QED) is 0.773. The number of ether oxygens (including phenoxy) is 1. The fourth-order valence-corrected chi connectivity index (χ4v) is 3.94. The Hall–Kier alpha value is -0.400. The van der Waals surface area contributed by atoms with Gasteiger partial charge in [-0.25, -0.2) is 13.4 Å². The summed E-state index contributed by atoms with van der Waals surface area (Å²) in [4.78, 5) is 3.86. The van der Waals surface area contributed by atoms with Crippen LogP contribution in [0.15, 0.2) is 17.2 Å². The molecule has 20 heavy (non-hydrogen) atoms. The standard InChI is InChI=1S/C12H16Cl2N2O3S/c1-2-16(7-9-3-4-19-8-9)20(17,18)10-5-11(13)12(14)15-6-10/h5-6,9H,2-4,7-8H2,1H3. The second-order valence-electron chi connectivity index (χ2n) is 4.63. The van der Waals surface area contributed by atoms with Gasteiger partial charge in [0.1, 0.15) is 10.0 Å². The SMILES string of the molecule is CCN(CC1CCOC1)S(=O)(=O)c1cnc(Cl)c(Cl)c1. The van der Waals surface area contributed by atoms with E-state index in [-0.39, 0.29) is 21.0 Å². The van der Waals surface area contributed by atoms with E-state index >= 15 is 0 Å². The molecule has 8 heteroatoms. The van der Waals surface area contributed by atoms with Crippen molar-refractivity contribution in [3.63, 3.8) is 0 Å². The minimum Gasteiger partial charge on any atom is -0.381 e. The molecule has 1 aromatic heterocycles. The van der Waals surface area contributed by atoms with Crippen molar-refractivity contribution in [3.8, 4) is 0 Å². The first kappa shape index (κ1) is 16.0. The van der Waals surface area contributed by atoms with Crippen LogP contribution in [0, 0.1) is 5.92 Å². The van der Waals surface area contributed by atoms with Crippen molar-refractivity contribution in [2.24, 2.45) is 5.92 Å². The van der Waals surface area contributed by atoms with Crippen molar-refractivity contribution in [1.29, 1.82) is 0 Å². The van der Waals surface area contributed by atoms with Crippen LogP contribution in [0.4, 0.5) is 0 Å². The van der Waals surface area contributed by atoms with E-state index in [1.165, 1.54) is 16.6 Å². The summed E-state index contributed by atoms with van der Waals surface area (Å²) in [6.07, 6.45) is 2.11. The Kier molecular flexibility index (Phi) is 5.25. The predicted octanol–water partition coefficient (Wildman–Crippen LogP) is 2.44. The van der Waals surface area contributed by atoms with Crippen LogP contribution in [0.5, 0.6) is 0 Å². The Labute approximate surface area is 128 Å². The summed E-state index contributed by atoms with van der Waals surface area (Å²) in [7, 11) is -3.61. The molecule has 1 aliphatic rings. The monoisotopic (exact) mass is 338 g/mol. The minimum atomic E-state index is -3.61. The van der Waals surface area contributed by atoms with Crippen molar-refractivity contribution in [1.82, 2.24) is 9.29 Å². The average molecular weight is 339 g/mol. The number of halogens is 2. The Morgan fingerprint density at radius 1 is 1.50 bits per heavy atom. The van der Waals surface area contributed by atoms with Gasteiger partial charge in [-0.15, -0.1) is 0 Å². The Balaban J connectivity index is 2.23. The molecule has 112 valence electrons. The molecule has 5 nitrogen and oxygen atoms in total. The number of rotatable bonds is 5. The second kappa shape index (κ2) is 6.58. The van der Waals surface area contributed by atoms with Gasteiger partial charge in [-0.3, -0.25) is 0 Å². The molecule has 0 N–H and O–H groups in total. The molecule has 2 heterocycles. The summed E-state index contributed by atoms with van der Waals surface area (Å²) in [5.41, 5.74) is 0. The lowest BCUT2D eigenvalue weighted by Crippen LogP contribution is -2.35. The first-order valence-corrected chi connectivity index (χ1v) is 8.53. The Morgan fingerprint density at radius 3 is 2.80 bits per heavy atom. The molecule has 1 atom stereocenters. The molecule has 1 aliphatic heterocycles. The summed E-state index contributed by atoms with van der Waals surface area (Å²) in [6, 6.07) is 1.33. The van der Waals surface area contributed by atoms with Crippen molar-refractivity contribution in [3.05, 3.63) is 22.4 Å². The van der Waals surface area contributed by atoms with E-state index in [1.54, 1.807) is 6.92 Å². The van der Waals surface area contributed by atoms with Gasteiger partial charge in [-0.2, -0.15) is 4.31 Å². The molecule has 0 aliphatic carbocycles. The molecule has 1 aromatic rings. The molecular weight excluding hydrogens is 323 g/mol. The fraction of sp³-hybridized carbons (Fsp3) is 0.583. The number of hydrogen-bond donors (Lipinski definition) is 0. The van der Waals surface area contributed by atoms with Crippen LogP contribution in [0.2, 0.25) is 10.2 Å². The van der Waals surface area contributed by atoms with Crippen LogP contribution in [0.25, 0.3) is 0 Å². The smallest absolute Gasteiger partial charge is 0.244 e. The zero-order chi connectivity index (χ0) is 14.8. The molecule has 0 bridgehead atoms. The number of nitrogens with zero attached hydrogens (tertiary/aromatic N) is 2. The van der Waals surface area contributed by atoms with Gasteiger partial charge >= 0.3 is 0 Å². The Morgan fingerprint density at radius 2 is 2.25 bits per heavy atom. The normalized spacial score (nSPS) is 19.7. The maximum atomic E-state index is 12.6. The van der Waals surface area contributed by atoms with E-state index in [4.69, 9.17) is 27.9 Å². The van der Waals surface area contributed by atoms with E-state index < -0.39 is 10.0 Å². The van der Waals surface area contributed by atoms with Crippen molar-refractivity contribution >= 4 is 33.2 Å². The predicted molar refractivity (Wildman–Crippen MR) is 77.6 cm³/mol. The van der Waals surface area contributed by atoms with E-state index in [2.05, 4.69) is 4.98 Å². The summed E-state index contributed by atoms with van der Waals surface area (Å²) in [5.74, 6) is 0.237. The molecular formula is C12H16Cl2N2O3S. The van der Waals surface area contributed by atoms with Crippen LogP contribution >= 0.6 is 23.2 Å². The van der Waals surface area contributed by atoms with Gasteiger partial charge in [0, 0.05) is 25.9 Å². The summed E-state index contributed by atoms with van der Waals surface area (Å²) < 4.78 is 31.8. The lowest BCUT2D eigenvalue weighted by atomic mass is 10.1. The third-order valence-electron chi connectivity index (χ3n) is 3.25. The zero-order valence-electron chi connectivity index (χ0n) is 11.1. The lowest BCUT2D eigenvalue weighted by Gasteiger charge is -2.23. The number of aromatic nitrogens is 1. The van der Waals surface area contributed by atoms with E-state index in [1.807, 2.05) is 0 Å². The van der Waals surface area contributed by atoms with Crippen LogP contribution in [0.3, 0.4) is 0 Å². The fourth-order valence-electron chi connectivity index (χ4n) is 2.11. The van der Waals surface area contributed by atoms with Gasteiger partial charge in [0.25, 0.3) is 0 Å². The van der Waals surface area contributed by atoms with Crippen LogP contribution in [-0.4, -0.2) is 44.0 Å². The first-order valence-electron chi connectivity index (χ1n) is 6.34. The Bertz CT molecular complexity index is 574. The minimum absolute atomic E-state index is 0.0627. The summed E-state index contributed by atoms with van der Waals surface area (Å²) >= 11 is 11.6. The van der Waals surface area contributed by atoms with Gasteiger partial charge in [0.2, 0.25) is 10.0 Å². The molecule has 0 radical (unpaired) electrons. The van der Waals surface area contributed by atoms with Crippen LogP contribution < -0.4 is 0 Å². The highest BCUT2D eigenvalue weighted by atomic mass is 35.5. The average Bonchev–Trinajstić information content (AvgIpc) is 2.91. The number of hydrogen-bond acceptors (Lipinski definition) is 4. The van der Waals surface area contributed by atoms with Gasteiger partial charge in [-0.05, 0) is 18.4 Å². The number of pyridine rings is 1. The molecule has 0 amide bonds. The van der Waals surface area contributed by atoms with Crippen LogP contribution in [-0.2, 0) is 14.8 Å². The molecule has 0 aromatic carbocycles. The first-order chi connectivity index (χ1) is 9.45. The van der Waals surface area contributed by atoms with E-state index in [9.17, 15) is 8.42 Å². The highest BCUT2D eigenvalue weighted by Gasteiger charge is 2.28. The van der Waals surface area contributed by atoms with Crippen molar-refractivity contribution in [2.45, 2.75) is 18.2 Å². The molecule has 0 saturated carbocycles. The summed E-state index contributed by atoms with van der Waals surface area (Å²) in [5, 5.41) is 0.228. The number of sulfonamides is 1. The van der Waals surface area contributed by atoms with Crippen molar-refractivity contribution < 1.29 is 13.2 Å². The molecule has 0 spiro atoms. The van der Waals surface area contributed by atoms with Gasteiger partial charge in [0.15, 0.2) is 0 Å².